The molecule has 0 saturated carbocycles. The third-order valence-corrected chi connectivity index (χ3v) is 3.20. The van der Waals surface area contributed by atoms with Gasteiger partial charge < -0.3 is 5.32 Å². The summed E-state index contributed by atoms with van der Waals surface area (Å²) in [5.74, 6) is -0.994. The van der Waals surface area contributed by atoms with Gasteiger partial charge in [-0.1, -0.05) is 0 Å². The van der Waals surface area contributed by atoms with Gasteiger partial charge in [-0.3, -0.25) is 4.68 Å². The maximum atomic E-state index is 13.6. The Balaban J connectivity index is 2.15. The number of hydrogen-bond donors (Lipinski definition) is 1. The van der Waals surface area contributed by atoms with Crippen LogP contribution in [-0.4, -0.2) is 9.78 Å². The summed E-state index contributed by atoms with van der Waals surface area (Å²) in [5, 5.41) is 7.04. The number of rotatable bonds is 3. The second kappa shape index (κ2) is 5.06. The number of aryl methyl sites for hydroxylation is 2. The Morgan fingerprint density at radius 2 is 2.06 bits per heavy atom. The molecule has 2 aromatic rings. The Morgan fingerprint density at radius 3 is 2.67 bits per heavy atom. The number of nitrogens with zero attached hydrogens (tertiary/aromatic N) is 2. The van der Waals surface area contributed by atoms with E-state index in [1.807, 2.05) is 20.2 Å². The third-order valence-electron chi connectivity index (χ3n) is 2.59. The van der Waals surface area contributed by atoms with Gasteiger partial charge in [-0.25, -0.2) is 8.78 Å². The minimum absolute atomic E-state index is 0.114. The van der Waals surface area contributed by atoms with Crippen molar-refractivity contribution in [3.63, 3.8) is 0 Å². The van der Waals surface area contributed by atoms with E-state index >= 15 is 0 Å². The van der Waals surface area contributed by atoms with Crippen molar-refractivity contribution in [2.45, 2.75) is 13.5 Å². The molecular formula is C12H12BrF2N3. The molecule has 0 saturated heterocycles. The summed E-state index contributed by atoms with van der Waals surface area (Å²) in [6.45, 7) is 2.27. The normalized spacial score (nSPS) is 10.7. The highest BCUT2D eigenvalue weighted by Crippen LogP contribution is 2.23. The Labute approximate surface area is 112 Å². The van der Waals surface area contributed by atoms with Crippen LogP contribution in [0, 0.1) is 18.6 Å². The molecule has 96 valence electrons. The monoisotopic (exact) mass is 315 g/mol. The molecule has 0 aliphatic carbocycles. The van der Waals surface area contributed by atoms with Gasteiger partial charge in [0.25, 0.3) is 0 Å². The van der Waals surface area contributed by atoms with Crippen molar-refractivity contribution in [2.75, 3.05) is 5.32 Å². The van der Waals surface area contributed by atoms with E-state index in [-0.39, 0.29) is 10.2 Å². The molecule has 1 N–H and O–H groups in total. The molecule has 3 nitrogen and oxygen atoms in total. The van der Waals surface area contributed by atoms with Crippen LogP contribution in [0.3, 0.4) is 0 Å². The minimum atomic E-state index is -0.498. The minimum Gasteiger partial charge on any atom is -0.378 e. The fourth-order valence-electron chi connectivity index (χ4n) is 1.67. The lowest BCUT2D eigenvalue weighted by Crippen LogP contribution is -2.02. The first-order valence-corrected chi connectivity index (χ1v) is 6.14. The van der Waals surface area contributed by atoms with Gasteiger partial charge in [0, 0.05) is 31.4 Å². The molecule has 2 rings (SSSR count). The van der Waals surface area contributed by atoms with Crippen LogP contribution in [0.4, 0.5) is 14.5 Å². The number of halogens is 3. The highest BCUT2D eigenvalue weighted by atomic mass is 79.9. The van der Waals surface area contributed by atoms with Gasteiger partial charge in [-0.05, 0) is 28.9 Å². The van der Waals surface area contributed by atoms with Crippen LogP contribution in [0.2, 0.25) is 0 Å². The fourth-order valence-corrected chi connectivity index (χ4v) is 1.99. The van der Waals surface area contributed by atoms with Crippen molar-refractivity contribution in [2.24, 2.45) is 7.05 Å². The summed E-state index contributed by atoms with van der Waals surface area (Å²) in [7, 11) is 1.82. The third kappa shape index (κ3) is 2.69. The standard InChI is InChI=1S/C12H12BrF2N3/c1-7-8(6-18(2)17-7)5-16-12-4-10(14)9(13)3-11(12)15/h3-4,6,16H,5H2,1-2H3. The highest BCUT2D eigenvalue weighted by Gasteiger charge is 2.09. The fraction of sp³-hybridized carbons (Fsp3) is 0.250. The second-order valence-electron chi connectivity index (χ2n) is 4.01. The van der Waals surface area contributed by atoms with E-state index in [0.717, 1.165) is 23.4 Å². The van der Waals surface area contributed by atoms with E-state index in [1.54, 1.807) is 4.68 Å². The van der Waals surface area contributed by atoms with Crippen molar-refractivity contribution in [3.05, 3.63) is 45.7 Å². The first-order valence-electron chi connectivity index (χ1n) is 5.35. The summed E-state index contributed by atoms with van der Waals surface area (Å²) >= 11 is 2.94. The van der Waals surface area contributed by atoms with Crippen molar-refractivity contribution in [1.29, 1.82) is 0 Å². The molecular weight excluding hydrogens is 304 g/mol. The molecule has 1 heterocycles. The molecule has 6 heteroatoms. The Morgan fingerprint density at radius 1 is 1.33 bits per heavy atom. The molecule has 0 bridgehead atoms. The van der Waals surface area contributed by atoms with E-state index in [0.29, 0.717) is 6.54 Å². The van der Waals surface area contributed by atoms with Crippen LogP contribution >= 0.6 is 15.9 Å². The zero-order chi connectivity index (χ0) is 13.3. The van der Waals surface area contributed by atoms with Crippen molar-refractivity contribution in [3.8, 4) is 0 Å². The summed E-state index contributed by atoms with van der Waals surface area (Å²) in [6.07, 6.45) is 1.84. The predicted octanol–water partition coefficient (Wildman–Crippen LogP) is 3.38. The lowest BCUT2D eigenvalue weighted by molar-refractivity contribution is 0.596. The molecule has 18 heavy (non-hydrogen) atoms. The van der Waals surface area contributed by atoms with Crippen LogP contribution in [0.15, 0.2) is 22.8 Å². The topological polar surface area (TPSA) is 29.9 Å². The van der Waals surface area contributed by atoms with E-state index in [2.05, 4.69) is 26.3 Å². The van der Waals surface area contributed by atoms with Crippen molar-refractivity contribution in [1.82, 2.24) is 9.78 Å². The SMILES string of the molecule is Cc1nn(C)cc1CNc1cc(F)c(Br)cc1F. The van der Waals surface area contributed by atoms with Gasteiger partial charge in [0.2, 0.25) is 0 Å². The lowest BCUT2D eigenvalue weighted by Gasteiger charge is -2.07. The predicted molar refractivity (Wildman–Crippen MR) is 69.3 cm³/mol. The number of anilines is 1. The van der Waals surface area contributed by atoms with Crippen molar-refractivity contribution < 1.29 is 8.78 Å². The van der Waals surface area contributed by atoms with Crippen LogP contribution < -0.4 is 5.32 Å². The van der Waals surface area contributed by atoms with E-state index in [9.17, 15) is 8.78 Å². The van der Waals surface area contributed by atoms with Gasteiger partial charge >= 0.3 is 0 Å². The average Bonchev–Trinajstić information content (AvgIpc) is 2.61. The number of aromatic nitrogens is 2. The molecule has 0 fully saturated rings. The first-order chi connectivity index (χ1) is 8.47. The second-order valence-corrected chi connectivity index (χ2v) is 4.87. The van der Waals surface area contributed by atoms with Gasteiger partial charge in [-0.2, -0.15) is 5.10 Å². The number of benzene rings is 1. The summed E-state index contributed by atoms with van der Waals surface area (Å²) in [4.78, 5) is 0. The molecule has 1 aromatic carbocycles. The van der Waals surface area contributed by atoms with Gasteiger partial charge in [0.1, 0.15) is 11.6 Å². The Kier molecular flexibility index (Phi) is 3.65. The zero-order valence-electron chi connectivity index (χ0n) is 9.97. The molecule has 0 spiro atoms. The highest BCUT2D eigenvalue weighted by molar-refractivity contribution is 9.10. The van der Waals surface area contributed by atoms with E-state index in [1.165, 1.54) is 0 Å². The maximum Gasteiger partial charge on any atom is 0.147 e. The Bertz CT molecular complexity index is 581. The Hall–Kier alpha value is -1.43. The summed E-state index contributed by atoms with van der Waals surface area (Å²) in [6, 6.07) is 2.24. The smallest absolute Gasteiger partial charge is 0.147 e. The first kappa shape index (κ1) is 13.0. The lowest BCUT2D eigenvalue weighted by atomic mass is 10.2. The van der Waals surface area contributed by atoms with Crippen LogP contribution in [0.5, 0.6) is 0 Å². The largest absolute Gasteiger partial charge is 0.378 e. The van der Waals surface area contributed by atoms with Crippen LogP contribution in [0.25, 0.3) is 0 Å². The molecule has 1 aromatic heterocycles. The van der Waals surface area contributed by atoms with Gasteiger partial charge in [0.05, 0.1) is 15.9 Å². The van der Waals surface area contributed by atoms with Gasteiger partial charge in [0.15, 0.2) is 0 Å². The van der Waals surface area contributed by atoms with Crippen LogP contribution in [0.1, 0.15) is 11.3 Å². The molecule has 0 atom stereocenters. The molecule has 0 aliphatic heterocycles. The quantitative estimate of drug-likeness (QED) is 0.880. The van der Waals surface area contributed by atoms with Crippen LogP contribution in [-0.2, 0) is 13.6 Å². The maximum absolute atomic E-state index is 13.6. The van der Waals surface area contributed by atoms with Gasteiger partial charge in [-0.15, -0.1) is 0 Å². The number of hydrogen-bond acceptors (Lipinski definition) is 2. The molecule has 0 unspecified atom stereocenters. The zero-order valence-corrected chi connectivity index (χ0v) is 11.6. The summed E-state index contributed by atoms with van der Waals surface area (Å²) < 4.78 is 28.7. The molecule has 0 aliphatic rings. The molecule has 0 radical (unpaired) electrons. The summed E-state index contributed by atoms with van der Waals surface area (Å²) in [5.41, 5.74) is 1.95. The van der Waals surface area contributed by atoms with Crippen molar-refractivity contribution >= 4 is 21.6 Å². The average molecular weight is 316 g/mol. The number of nitrogens with one attached hydrogen (secondary N) is 1. The molecule has 0 amide bonds. The van der Waals surface area contributed by atoms with E-state index < -0.39 is 11.6 Å². The van der Waals surface area contributed by atoms with E-state index in [4.69, 9.17) is 0 Å².